The maximum absolute atomic E-state index is 5.49. The third kappa shape index (κ3) is 3.96. The van der Waals surface area contributed by atoms with Crippen molar-refractivity contribution in [3.8, 4) is 0 Å². The molecule has 2 heteroatoms. The van der Waals surface area contributed by atoms with Gasteiger partial charge in [0.1, 0.15) is 0 Å². The Morgan fingerprint density at radius 2 is 2.27 bits per heavy atom. The molecule has 0 aromatic rings. The maximum atomic E-state index is 5.49. The highest BCUT2D eigenvalue weighted by Crippen LogP contribution is 1.98. The van der Waals surface area contributed by atoms with E-state index in [-0.39, 0.29) is 0 Å². The molecule has 1 unspecified atom stereocenters. The molecule has 2 N–H and O–H groups in total. The van der Waals surface area contributed by atoms with Crippen molar-refractivity contribution in [1.29, 1.82) is 0 Å². The lowest BCUT2D eigenvalue weighted by Crippen LogP contribution is -2.36. The van der Waals surface area contributed by atoms with Gasteiger partial charge in [0, 0.05) is 19.1 Å². The molecule has 0 spiro atoms. The van der Waals surface area contributed by atoms with Crippen molar-refractivity contribution in [2.24, 2.45) is 5.73 Å². The summed E-state index contributed by atoms with van der Waals surface area (Å²) in [6.07, 6.45) is 1.78. The second-order valence-corrected chi connectivity index (χ2v) is 2.86. The quantitative estimate of drug-likeness (QED) is 0.599. The molecule has 0 aromatic heterocycles. The lowest BCUT2D eigenvalue weighted by Gasteiger charge is -2.23. The minimum Gasteiger partial charge on any atom is -0.329 e. The number of hydrogen-bond acceptors (Lipinski definition) is 2. The van der Waals surface area contributed by atoms with E-state index in [9.17, 15) is 0 Å². The van der Waals surface area contributed by atoms with Gasteiger partial charge in [0.2, 0.25) is 0 Å². The van der Waals surface area contributed by atoms with E-state index in [1.807, 2.05) is 7.05 Å². The van der Waals surface area contributed by atoms with Crippen LogP contribution in [0.1, 0.15) is 6.92 Å². The average Bonchev–Trinajstić information content (AvgIpc) is 2.02. The smallest absolute Gasteiger partial charge is 0.0227 e. The van der Waals surface area contributed by atoms with Gasteiger partial charge in [-0.2, -0.15) is 0 Å². The van der Waals surface area contributed by atoms with E-state index in [0.717, 1.165) is 12.1 Å². The standard InChI is InChI=1S/C9H18N2/c1-5-8(2)7-11(4)9(3)6-10/h5,9H,1-2,6-7,10H2,3-4H3. The molecule has 64 valence electrons. The summed E-state index contributed by atoms with van der Waals surface area (Å²) in [5.74, 6) is 0. The highest BCUT2D eigenvalue weighted by atomic mass is 15.1. The molecule has 0 bridgehead atoms. The van der Waals surface area contributed by atoms with E-state index >= 15 is 0 Å². The second kappa shape index (κ2) is 5.10. The fraction of sp³-hybridized carbons (Fsp3) is 0.556. The van der Waals surface area contributed by atoms with Crippen LogP contribution in [0.2, 0.25) is 0 Å². The molecule has 1 atom stereocenters. The first-order valence-electron chi connectivity index (χ1n) is 3.82. The van der Waals surface area contributed by atoms with Gasteiger partial charge < -0.3 is 5.73 Å². The van der Waals surface area contributed by atoms with Gasteiger partial charge in [0.25, 0.3) is 0 Å². The summed E-state index contributed by atoms with van der Waals surface area (Å²) < 4.78 is 0. The summed E-state index contributed by atoms with van der Waals surface area (Å²) in [6, 6.07) is 0.409. The van der Waals surface area contributed by atoms with E-state index in [2.05, 4.69) is 25.0 Å². The van der Waals surface area contributed by atoms with Crippen molar-refractivity contribution in [3.63, 3.8) is 0 Å². The Bertz CT molecular complexity index is 140. The molecule has 0 aliphatic heterocycles. The van der Waals surface area contributed by atoms with Crippen LogP contribution >= 0.6 is 0 Å². The molecule has 11 heavy (non-hydrogen) atoms. The third-order valence-electron chi connectivity index (χ3n) is 1.83. The zero-order valence-corrected chi connectivity index (χ0v) is 7.51. The molecular formula is C9H18N2. The Morgan fingerprint density at radius 3 is 2.64 bits per heavy atom. The van der Waals surface area contributed by atoms with Crippen molar-refractivity contribution in [2.45, 2.75) is 13.0 Å². The highest BCUT2D eigenvalue weighted by molar-refractivity contribution is 5.12. The largest absolute Gasteiger partial charge is 0.329 e. The van der Waals surface area contributed by atoms with Crippen LogP contribution in [0, 0.1) is 0 Å². The molecule has 0 saturated carbocycles. The molecule has 0 aliphatic carbocycles. The Balaban J connectivity index is 3.76. The summed E-state index contributed by atoms with van der Waals surface area (Å²) in [5.41, 5.74) is 6.53. The normalized spacial score (nSPS) is 13.1. The fourth-order valence-electron chi connectivity index (χ4n) is 0.721. The zero-order valence-electron chi connectivity index (χ0n) is 7.51. The SMILES string of the molecule is C=CC(=C)CN(C)C(C)CN. The van der Waals surface area contributed by atoms with E-state index in [1.54, 1.807) is 6.08 Å². The highest BCUT2D eigenvalue weighted by Gasteiger charge is 2.05. The monoisotopic (exact) mass is 154 g/mol. The van der Waals surface area contributed by atoms with Crippen molar-refractivity contribution in [3.05, 3.63) is 24.8 Å². The van der Waals surface area contributed by atoms with Crippen molar-refractivity contribution in [1.82, 2.24) is 4.90 Å². The van der Waals surface area contributed by atoms with Gasteiger partial charge in [0.05, 0.1) is 0 Å². The van der Waals surface area contributed by atoms with Gasteiger partial charge in [-0.15, -0.1) is 0 Å². The summed E-state index contributed by atoms with van der Waals surface area (Å²) in [6.45, 7) is 11.1. The minimum atomic E-state index is 0.409. The topological polar surface area (TPSA) is 29.3 Å². The van der Waals surface area contributed by atoms with Gasteiger partial charge in [-0.25, -0.2) is 0 Å². The van der Waals surface area contributed by atoms with Crippen LogP contribution < -0.4 is 5.73 Å². The van der Waals surface area contributed by atoms with E-state index in [4.69, 9.17) is 5.73 Å². The van der Waals surface area contributed by atoms with Crippen LogP contribution in [0.5, 0.6) is 0 Å². The molecule has 0 saturated heterocycles. The fourth-order valence-corrected chi connectivity index (χ4v) is 0.721. The molecular weight excluding hydrogens is 136 g/mol. The predicted molar refractivity (Wildman–Crippen MR) is 50.5 cm³/mol. The zero-order chi connectivity index (χ0) is 8.85. The minimum absolute atomic E-state index is 0.409. The van der Waals surface area contributed by atoms with E-state index in [1.165, 1.54) is 0 Å². The maximum Gasteiger partial charge on any atom is 0.0227 e. The molecule has 0 heterocycles. The lowest BCUT2D eigenvalue weighted by molar-refractivity contribution is 0.286. The Kier molecular flexibility index (Phi) is 4.83. The number of rotatable bonds is 5. The van der Waals surface area contributed by atoms with Crippen LogP contribution in [0.3, 0.4) is 0 Å². The van der Waals surface area contributed by atoms with Gasteiger partial charge in [-0.05, 0) is 19.5 Å². The summed E-state index contributed by atoms with van der Waals surface area (Å²) in [4.78, 5) is 2.16. The van der Waals surface area contributed by atoms with Crippen LogP contribution in [0.15, 0.2) is 24.8 Å². The molecule has 0 fully saturated rings. The van der Waals surface area contributed by atoms with Crippen LogP contribution in [0.4, 0.5) is 0 Å². The van der Waals surface area contributed by atoms with Crippen molar-refractivity contribution >= 4 is 0 Å². The van der Waals surface area contributed by atoms with E-state index in [0.29, 0.717) is 12.6 Å². The lowest BCUT2D eigenvalue weighted by atomic mass is 10.2. The molecule has 0 aliphatic rings. The van der Waals surface area contributed by atoms with Gasteiger partial charge >= 0.3 is 0 Å². The first-order valence-corrected chi connectivity index (χ1v) is 3.82. The molecule has 0 rings (SSSR count). The summed E-state index contributed by atoms with van der Waals surface area (Å²) in [5, 5.41) is 0. The predicted octanol–water partition coefficient (Wildman–Crippen LogP) is 1.01. The Morgan fingerprint density at radius 1 is 1.73 bits per heavy atom. The van der Waals surface area contributed by atoms with Crippen LogP contribution in [-0.4, -0.2) is 31.1 Å². The Hall–Kier alpha value is -0.600. The number of likely N-dealkylation sites (N-methyl/N-ethyl adjacent to an activating group) is 1. The average molecular weight is 154 g/mol. The Labute approximate surface area is 69.4 Å². The summed E-state index contributed by atoms with van der Waals surface area (Å²) in [7, 11) is 2.03. The molecule has 0 amide bonds. The van der Waals surface area contributed by atoms with Crippen molar-refractivity contribution < 1.29 is 0 Å². The second-order valence-electron chi connectivity index (χ2n) is 2.86. The van der Waals surface area contributed by atoms with Gasteiger partial charge in [-0.1, -0.05) is 19.2 Å². The number of hydrogen-bond donors (Lipinski definition) is 1. The number of nitrogens with zero attached hydrogens (tertiary/aromatic N) is 1. The number of nitrogens with two attached hydrogens (primary N) is 1. The molecule has 0 aromatic carbocycles. The molecule has 0 radical (unpaired) electrons. The first-order chi connectivity index (χ1) is 5.11. The van der Waals surface area contributed by atoms with E-state index < -0.39 is 0 Å². The van der Waals surface area contributed by atoms with Crippen LogP contribution in [-0.2, 0) is 0 Å². The van der Waals surface area contributed by atoms with Crippen molar-refractivity contribution in [2.75, 3.05) is 20.1 Å². The first kappa shape index (κ1) is 10.4. The summed E-state index contributed by atoms with van der Waals surface area (Å²) >= 11 is 0. The molecule has 2 nitrogen and oxygen atoms in total. The van der Waals surface area contributed by atoms with Gasteiger partial charge in [0.15, 0.2) is 0 Å². The van der Waals surface area contributed by atoms with Crippen LogP contribution in [0.25, 0.3) is 0 Å². The third-order valence-corrected chi connectivity index (χ3v) is 1.83. The van der Waals surface area contributed by atoms with Gasteiger partial charge in [-0.3, -0.25) is 4.90 Å².